The van der Waals surface area contributed by atoms with Gasteiger partial charge in [-0.2, -0.15) is 0 Å². The minimum absolute atomic E-state index is 0.220. The van der Waals surface area contributed by atoms with Crippen molar-refractivity contribution in [2.24, 2.45) is 0 Å². The summed E-state index contributed by atoms with van der Waals surface area (Å²) in [4.78, 5) is 12.5. The van der Waals surface area contributed by atoms with Crippen LogP contribution in [0.1, 0.15) is 35.7 Å². The van der Waals surface area contributed by atoms with Crippen LogP contribution in [0.25, 0.3) is 0 Å². The molecule has 2 aromatic rings. The maximum Gasteiger partial charge on any atom is 0.259 e. The zero-order valence-corrected chi connectivity index (χ0v) is 13.9. The number of carbonyl (C=O) groups is 1. The summed E-state index contributed by atoms with van der Waals surface area (Å²) in [5.41, 5.74) is 2.49. The van der Waals surface area contributed by atoms with E-state index in [2.05, 4.69) is 12.2 Å². The molecule has 0 saturated heterocycles. The van der Waals surface area contributed by atoms with Gasteiger partial charge in [0.1, 0.15) is 0 Å². The number of para-hydroxylation sites is 1. The van der Waals surface area contributed by atoms with Gasteiger partial charge in [0.2, 0.25) is 0 Å². The van der Waals surface area contributed by atoms with E-state index in [4.69, 9.17) is 9.47 Å². The molecular formula is C19H23NO3. The first-order valence-corrected chi connectivity index (χ1v) is 7.80. The van der Waals surface area contributed by atoms with Gasteiger partial charge < -0.3 is 14.8 Å². The Kier molecular flexibility index (Phi) is 6.03. The van der Waals surface area contributed by atoms with Crippen LogP contribution in [0.4, 0.5) is 5.69 Å². The number of aryl methyl sites for hydroxylation is 1. The number of hydrogen-bond acceptors (Lipinski definition) is 3. The van der Waals surface area contributed by atoms with Crippen molar-refractivity contribution >= 4 is 11.6 Å². The lowest BCUT2D eigenvalue weighted by molar-refractivity contribution is 0.102. The van der Waals surface area contributed by atoms with Gasteiger partial charge in [-0.05, 0) is 42.7 Å². The molecule has 4 nitrogen and oxygen atoms in total. The zero-order chi connectivity index (χ0) is 16.7. The Morgan fingerprint density at radius 1 is 1.04 bits per heavy atom. The van der Waals surface area contributed by atoms with Gasteiger partial charge in [0, 0.05) is 5.69 Å². The number of unbranched alkanes of at least 4 members (excludes halogenated alkanes) is 1. The molecule has 122 valence electrons. The lowest BCUT2D eigenvalue weighted by atomic mass is 10.1. The van der Waals surface area contributed by atoms with Crippen molar-refractivity contribution in [2.45, 2.75) is 26.2 Å². The number of carbonyl (C=O) groups excluding carboxylic acids is 1. The van der Waals surface area contributed by atoms with Crippen LogP contribution in [0.15, 0.2) is 42.5 Å². The average molecular weight is 313 g/mol. The molecule has 0 bridgehead atoms. The molecule has 0 aliphatic heterocycles. The third-order valence-electron chi connectivity index (χ3n) is 3.68. The first kappa shape index (κ1) is 16.9. The lowest BCUT2D eigenvalue weighted by Crippen LogP contribution is -2.13. The smallest absolute Gasteiger partial charge is 0.259 e. The molecular weight excluding hydrogens is 290 g/mol. The second-order valence-electron chi connectivity index (χ2n) is 5.30. The van der Waals surface area contributed by atoms with E-state index < -0.39 is 0 Å². The fourth-order valence-electron chi connectivity index (χ4n) is 2.40. The second kappa shape index (κ2) is 8.22. The summed E-state index contributed by atoms with van der Waals surface area (Å²) >= 11 is 0. The van der Waals surface area contributed by atoms with E-state index in [9.17, 15) is 4.79 Å². The lowest BCUT2D eigenvalue weighted by Gasteiger charge is -2.12. The van der Waals surface area contributed by atoms with E-state index in [-0.39, 0.29) is 5.91 Å². The Balaban J connectivity index is 2.13. The third-order valence-corrected chi connectivity index (χ3v) is 3.68. The molecule has 1 N–H and O–H groups in total. The normalized spacial score (nSPS) is 10.2. The summed E-state index contributed by atoms with van der Waals surface area (Å²) in [6.45, 7) is 2.18. The highest BCUT2D eigenvalue weighted by molar-refractivity contribution is 6.06. The Morgan fingerprint density at radius 2 is 1.78 bits per heavy atom. The standard InChI is InChI=1S/C19H23NO3/c1-4-5-7-14-10-12-15(13-11-14)20-19(21)16-8-6-9-17(22-2)18(16)23-3/h6,8-13H,4-5,7H2,1-3H3,(H,20,21). The summed E-state index contributed by atoms with van der Waals surface area (Å²) < 4.78 is 10.5. The largest absolute Gasteiger partial charge is 0.493 e. The van der Waals surface area contributed by atoms with Gasteiger partial charge in [-0.25, -0.2) is 0 Å². The Labute approximate surface area is 137 Å². The van der Waals surface area contributed by atoms with Crippen LogP contribution in [-0.2, 0) is 6.42 Å². The monoisotopic (exact) mass is 313 g/mol. The van der Waals surface area contributed by atoms with E-state index in [0.717, 1.165) is 12.1 Å². The van der Waals surface area contributed by atoms with E-state index in [1.807, 2.05) is 24.3 Å². The van der Waals surface area contributed by atoms with Gasteiger partial charge >= 0.3 is 0 Å². The number of benzene rings is 2. The number of methoxy groups -OCH3 is 2. The number of rotatable bonds is 7. The first-order chi connectivity index (χ1) is 11.2. The zero-order valence-electron chi connectivity index (χ0n) is 13.9. The number of anilines is 1. The maximum atomic E-state index is 12.5. The fourth-order valence-corrected chi connectivity index (χ4v) is 2.40. The minimum Gasteiger partial charge on any atom is -0.493 e. The van der Waals surface area contributed by atoms with Crippen molar-refractivity contribution in [2.75, 3.05) is 19.5 Å². The van der Waals surface area contributed by atoms with Crippen LogP contribution in [0.2, 0.25) is 0 Å². The van der Waals surface area contributed by atoms with E-state index in [0.29, 0.717) is 17.1 Å². The molecule has 4 heteroatoms. The molecule has 0 spiro atoms. The maximum absolute atomic E-state index is 12.5. The van der Waals surface area contributed by atoms with Crippen molar-refractivity contribution < 1.29 is 14.3 Å². The molecule has 23 heavy (non-hydrogen) atoms. The van der Waals surface area contributed by atoms with Crippen molar-refractivity contribution in [3.05, 3.63) is 53.6 Å². The third kappa shape index (κ3) is 4.25. The summed E-state index contributed by atoms with van der Waals surface area (Å²) in [7, 11) is 3.08. The number of nitrogens with one attached hydrogen (secondary N) is 1. The van der Waals surface area contributed by atoms with Crippen LogP contribution < -0.4 is 14.8 Å². The fraction of sp³-hybridized carbons (Fsp3) is 0.316. The van der Waals surface area contributed by atoms with Gasteiger partial charge in [0.25, 0.3) is 5.91 Å². The van der Waals surface area contributed by atoms with Gasteiger partial charge in [0.05, 0.1) is 19.8 Å². The molecule has 0 unspecified atom stereocenters. The van der Waals surface area contributed by atoms with Crippen molar-refractivity contribution in [1.82, 2.24) is 0 Å². The van der Waals surface area contributed by atoms with Crippen LogP contribution in [0, 0.1) is 0 Å². The Morgan fingerprint density at radius 3 is 2.39 bits per heavy atom. The quantitative estimate of drug-likeness (QED) is 0.829. The van der Waals surface area contributed by atoms with Gasteiger partial charge in [-0.15, -0.1) is 0 Å². The SMILES string of the molecule is CCCCc1ccc(NC(=O)c2cccc(OC)c2OC)cc1. The summed E-state index contributed by atoms with van der Waals surface area (Å²) in [5.74, 6) is 0.754. The molecule has 1 amide bonds. The molecule has 2 aromatic carbocycles. The van der Waals surface area contributed by atoms with Gasteiger partial charge in [-0.3, -0.25) is 4.79 Å². The topological polar surface area (TPSA) is 47.6 Å². The molecule has 0 atom stereocenters. The summed E-state index contributed by atoms with van der Waals surface area (Å²) in [5, 5.41) is 2.89. The predicted octanol–water partition coefficient (Wildman–Crippen LogP) is 4.30. The molecule has 0 saturated carbocycles. The molecule has 2 rings (SSSR count). The molecule has 0 fully saturated rings. The van der Waals surface area contributed by atoms with E-state index >= 15 is 0 Å². The molecule has 0 radical (unpaired) electrons. The van der Waals surface area contributed by atoms with Crippen LogP contribution >= 0.6 is 0 Å². The first-order valence-electron chi connectivity index (χ1n) is 7.80. The highest BCUT2D eigenvalue weighted by atomic mass is 16.5. The molecule has 0 aliphatic rings. The number of hydrogen-bond donors (Lipinski definition) is 1. The minimum atomic E-state index is -0.220. The molecule has 0 heterocycles. The second-order valence-corrected chi connectivity index (χ2v) is 5.30. The van der Waals surface area contributed by atoms with Crippen LogP contribution in [0.5, 0.6) is 11.5 Å². The summed E-state index contributed by atoms with van der Waals surface area (Å²) in [6.07, 6.45) is 3.41. The van der Waals surface area contributed by atoms with Gasteiger partial charge in [-0.1, -0.05) is 31.5 Å². The highest BCUT2D eigenvalue weighted by Crippen LogP contribution is 2.31. The Bertz CT molecular complexity index is 650. The molecule has 0 aliphatic carbocycles. The average Bonchev–Trinajstić information content (AvgIpc) is 2.60. The van der Waals surface area contributed by atoms with Crippen LogP contribution in [0.3, 0.4) is 0 Å². The highest BCUT2D eigenvalue weighted by Gasteiger charge is 2.16. The van der Waals surface area contributed by atoms with Gasteiger partial charge in [0.15, 0.2) is 11.5 Å². The van der Waals surface area contributed by atoms with Crippen molar-refractivity contribution in [3.8, 4) is 11.5 Å². The number of amides is 1. The van der Waals surface area contributed by atoms with Crippen molar-refractivity contribution in [3.63, 3.8) is 0 Å². The molecule has 0 aromatic heterocycles. The number of ether oxygens (including phenoxy) is 2. The predicted molar refractivity (Wildman–Crippen MR) is 92.6 cm³/mol. The van der Waals surface area contributed by atoms with E-state index in [1.54, 1.807) is 25.3 Å². The van der Waals surface area contributed by atoms with E-state index in [1.165, 1.54) is 25.5 Å². The summed E-state index contributed by atoms with van der Waals surface area (Å²) in [6, 6.07) is 13.2. The van der Waals surface area contributed by atoms with Crippen molar-refractivity contribution in [1.29, 1.82) is 0 Å². The van der Waals surface area contributed by atoms with Crippen LogP contribution in [-0.4, -0.2) is 20.1 Å². The Hall–Kier alpha value is -2.49.